The first-order chi connectivity index (χ1) is 12.1. The average Bonchev–Trinajstić information content (AvgIpc) is 3.21. The van der Waals surface area contributed by atoms with Crippen molar-refractivity contribution in [2.24, 2.45) is 0 Å². The van der Waals surface area contributed by atoms with Gasteiger partial charge in [-0.2, -0.15) is 5.26 Å². The Balaban J connectivity index is 1.79. The monoisotopic (exact) mass is 463 g/mol. The summed E-state index contributed by atoms with van der Waals surface area (Å²) in [4.78, 5) is 14.5. The van der Waals surface area contributed by atoms with Crippen LogP contribution in [0.15, 0.2) is 49.3 Å². The number of halogens is 2. The molecule has 7 heteroatoms. The number of anilines is 2. The van der Waals surface area contributed by atoms with E-state index >= 15 is 0 Å². The van der Waals surface area contributed by atoms with Crippen LogP contribution in [0.2, 0.25) is 0 Å². The second kappa shape index (κ2) is 7.89. The average molecular weight is 465 g/mol. The van der Waals surface area contributed by atoms with E-state index in [1.165, 1.54) is 6.08 Å². The highest BCUT2D eigenvalue weighted by Gasteiger charge is 2.20. The van der Waals surface area contributed by atoms with Crippen LogP contribution in [0.1, 0.15) is 18.6 Å². The number of amides is 1. The minimum absolute atomic E-state index is 0.0193. The van der Waals surface area contributed by atoms with Gasteiger partial charge in [0.05, 0.1) is 4.47 Å². The molecule has 1 amide bonds. The lowest BCUT2D eigenvalue weighted by Crippen LogP contribution is -2.17. The van der Waals surface area contributed by atoms with E-state index < -0.39 is 5.91 Å². The van der Waals surface area contributed by atoms with E-state index in [-0.39, 0.29) is 5.57 Å². The van der Waals surface area contributed by atoms with Crippen LogP contribution in [-0.4, -0.2) is 19.0 Å². The molecule has 0 saturated carbocycles. The fraction of sp³-hybridized carbons (Fsp3) is 0.222. The molecule has 0 radical (unpaired) electrons. The highest BCUT2D eigenvalue weighted by Crippen LogP contribution is 2.33. The summed E-state index contributed by atoms with van der Waals surface area (Å²) in [5.41, 5.74) is 0.591. The topological polar surface area (TPSA) is 69.3 Å². The SMILES string of the molecule is N#C/C(=C/c1cc(Br)c(N2CCCC2)o1)C(=O)Nc1cccc(Br)c1. The highest BCUT2D eigenvalue weighted by atomic mass is 79.9. The second-order valence-corrected chi connectivity index (χ2v) is 7.40. The van der Waals surface area contributed by atoms with Crippen molar-refractivity contribution >= 4 is 55.4 Å². The molecule has 1 fully saturated rings. The van der Waals surface area contributed by atoms with Crippen LogP contribution in [0, 0.1) is 11.3 Å². The van der Waals surface area contributed by atoms with Crippen molar-refractivity contribution in [3.05, 3.63) is 50.6 Å². The lowest BCUT2D eigenvalue weighted by Gasteiger charge is -2.13. The van der Waals surface area contributed by atoms with Gasteiger partial charge >= 0.3 is 0 Å². The Bertz CT molecular complexity index is 861. The molecule has 0 bridgehead atoms. The number of nitrogens with zero attached hydrogens (tertiary/aromatic N) is 2. The first-order valence-corrected chi connectivity index (χ1v) is 9.38. The summed E-state index contributed by atoms with van der Waals surface area (Å²) in [5, 5.41) is 12.0. The van der Waals surface area contributed by atoms with Crippen molar-refractivity contribution in [3.63, 3.8) is 0 Å². The maximum Gasteiger partial charge on any atom is 0.266 e. The summed E-state index contributed by atoms with van der Waals surface area (Å²) in [6, 6.07) is 10.9. The van der Waals surface area contributed by atoms with Gasteiger partial charge in [0.1, 0.15) is 17.4 Å². The molecule has 1 aliphatic rings. The molecular formula is C18H15Br2N3O2. The zero-order chi connectivity index (χ0) is 17.8. The smallest absolute Gasteiger partial charge is 0.266 e. The van der Waals surface area contributed by atoms with E-state index in [0.29, 0.717) is 11.4 Å². The largest absolute Gasteiger partial charge is 0.440 e. The van der Waals surface area contributed by atoms with Gasteiger partial charge < -0.3 is 14.6 Å². The molecule has 1 aliphatic heterocycles. The molecule has 3 rings (SSSR count). The van der Waals surface area contributed by atoms with Crippen molar-refractivity contribution in [3.8, 4) is 6.07 Å². The molecule has 2 aromatic rings. The number of benzene rings is 1. The Morgan fingerprint density at radius 2 is 2.04 bits per heavy atom. The third-order valence-electron chi connectivity index (χ3n) is 3.82. The molecule has 1 aromatic carbocycles. The number of hydrogen-bond acceptors (Lipinski definition) is 4. The second-order valence-electron chi connectivity index (χ2n) is 5.63. The van der Waals surface area contributed by atoms with Gasteiger partial charge in [-0.15, -0.1) is 0 Å². The van der Waals surface area contributed by atoms with Crippen LogP contribution in [0.4, 0.5) is 11.6 Å². The van der Waals surface area contributed by atoms with Crippen molar-refractivity contribution in [2.75, 3.05) is 23.3 Å². The van der Waals surface area contributed by atoms with Gasteiger partial charge in [0, 0.05) is 35.4 Å². The minimum Gasteiger partial charge on any atom is -0.440 e. The molecule has 1 aromatic heterocycles. The van der Waals surface area contributed by atoms with Crippen molar-refractivity contribution in [2.45, 2.75) is 12.8 Å². The Kier molecular flexibility index (Phi) is 5.61. The lowest BCUT2D eigenvalue weighted by atomic mass is 10.2. The van der Waals surface area contributed by atoms with Crippen LogP contribution in [0.5, 0.6) is 0 Å². The highest BCUT2D eigenvalue weighted by molar-refractivity contribution is 9.10. The summed E-state index contributed by atoms with van der Waals surface area (Å²) >= 11 is 6.83. The van der Waals surface area contributed by atoms with E-state index in [9.17, 15) is 10.1 Å². The van der Waals surface area contributed by atoms with E-state index in [0.717, 1.165) is 40.8 Å². The van der Waals surface area contributed by atoms with E-state index in [1.807, 2.05) is 12.1 Å². The standard InChI is InChI=1S/C18H15Br2N3O2/c19-13-4-3-5-14(9-13)22-17(24)12(11-21)8-15-10-16(20)18(25-15)23-6-1-2-7-23/h3-5,8-10H,1-2,6-7H2,(H,22,24)/b12-8-. The fourth-order valence-corrected chi connectivity index (χ4v) is 3.60. The number of carbonyl (C=O) groups excluding carboxylic acids is 1. The molecule has 1 N–H and O–H groups in total. The lowest BCUT2D eigenvalue weighted by molar-refractivity contribution is -0.112. The number of furan rings is 1. The Morgan fingerprint density at radius 1 is 1.28 bits per heavy atom. The Labute approximate surface area is 162 Å². The fourth-order valence-electron chi connectivity index (χ4n) is 2.64. The molecule has 2 heterocycles. The predicted molar refractivity (Wildman–Crippen MR) is 104 cm³/mol. The number of hydrogen-bond donors (Lipinski definition) is 1. The van der Waals surface area contributed by atoms with Gasteiger partial charge in [-0.1, -0.05) is 22.0 Å². The maximum absolute atomic E-state index is 12.3. The molecular weight excluding hydrogens is 450 g/mol. The molecule has 0 aliphatic carbocycles. The maximum atomic E-state index is 12.3. The predicted octanol–water partition coefficient (Wildman–Crippen LogP) is 4.95. The summed E-state index contributed by atoms with van der Waals surface area (Å²) in [5.74, 6) is 0.735. The zero-order valence-electron chi connectivity index (χ0n) is 13.3. The van der Waals surface area contributed by atoms with Gasteiger partial charge in [-0.05, 0) is 47.0 Å². The van der Waals surface area contributed by atoms with E-state index in [4.69, 9.17) is 4.42 Å². The normalized spacial score (nSPS) is 14.4. The number of nitriles is 1. The Hall–Kier alpha value is -2.04. The third kappa shape index (κ3) is 4.33. The van der Waals surface area contributed by atoms with Crippen molar-refractivity contribution in [1.82, 2.24) is 0 Å². The molecule has 0 atom stereocenters. The molecule has 1 saturated heterocycles. The quantitative estimate of drug-likeness (QED) is 0.513. The molecule has 25 heavy (non-hydrogen) atoms. The van der Waals surface area contributed by atoms with Gasteiger partial charge in [-0.25, -0.2) is 0 Å². The van der Waals surface area contributed by atoms with Crippen molar-refractivity contribution < 1.29 is 9.21 Å². The van der Waals surface area contributed by atoms with E-state index in [1.54, 1.807) is 24.3 Å². The zero-order valence-corrected chi connectivity index (χ0v) is 16.4. The van der Waals surface area contributed by atoms with Crippen LogP contribution in [0.3, 0.4) is 0 Å². The van der Waals surface area contributed by atoms with E-state index in [2.05, 4.69) is 42.1 Å². The molecule has 0 spiro atoms. The summed E-state index contributed by atoms with van der Waals surface area (Å²) in [6.45, 7) is 1.90. The molecule has 128 valence electrons. The third-order valence-corrected chi connectivity index (χ3v) is 4.88. The van der Waals surface area contributed by atoms with Crippen molar-refractivity contribution in [1.29, 1.82) is 5.26 Å². The summed E-state index contributed by atoms with van der Waals surface area (Å²) in [6.07, 6.45) is 3.73. The number of rotatable bonds is 4. The van der Waals surface area contributed by atoms with Gasteiger partial charge in [0.2, 0.25) is 5.88 Å². The number of carbonyl (C=O) groups is 1. The first kappa shape index (κ1) is 17.8. The van der Waals surface area contributed by atoms with Crippen LogP contribution in [0.25, 0.3) is 6.08 Å². The Morgan fingerprint density at radius 3 is 2.72 bits per heavy atom. The van der Waals surface area contributed by atoms with Gasteiger partial charge in [-0.3, -0.25) is 4.79 Å². The number of nitrogens with one attached hydrogen (secondary N) is 1. The summed E-state index contributed by atoms with van der Waals surface area (Å²) in [7, 11) is 0. The molecule has 5 nitrogen and oxygen atoms in total. The van der Waals surface area contributed by atoms with Crippen LogP contribution < -0.4 is 10.2 Å². The first-order valence-electron chi connectivity index (χ1n) is 7.80. The minimum atomic E-state index is -0.476. The van der Waals surface area contributed by atoms with Crippen LogP contribution >= 0.6 is 31.9 Å². The van der Waals surface area contributed by atoms with Gasteiger partial charge in [0.25, 0.3) is 5.91 Å². The molecule has 0 unspecified atom stereocenters. The summed E-state index contributed by atoms with van der Waals surface area (Å²) < 4.78 is 7.48. The van der Waals surface area contributed by atoms with Crippen LogP contribution in [-0.2, 0) is 4.79 Å². The van der Waals surface area contributed by atoms with Gasteiger partial charge in [0.15, 0.2) is 0 Å².